The Balaban J connectivity index is 4.01. The average Bonchev–Trinajstić information content (AvgIpc) is 2.29. The summed E-state index contributed by atoms with van der Waals surface area (Å²) >= 11 is 0. The minimum absolute atomic E-state index is 0.785. The molecule has 0 amide bonds. The first-order chi connectivity index (χ1) is 8.45. The van der Waals surface area contributed by atoms with E-state index in [0.717, 1.165) is 24.3 Å². The lowest BCUT2D eigenvalue weighted by atomic mass is 10.0. The van der Waals surface area contributed by atoms with Crippen LogP contribution in [-0.4, -0.2) is 31.1 Å². The lowest BCUT2D eigenvalue weighted by molar-refractivity contribution is 0.209. The highest BCUT2D eigenvalue weighted by atomic mass is 15.1. The maximum absolute atomic E-state index is 5.59. The summed E-state index contributed by atoms with van der Waals surface area (Å²) in [6.45, 7) is 16.2. The molecule has 0 aliphatic rings. The van der Waals surface area contributed by atoms with E-state index in [1.807, 2.05) is 0 Å². The maximum atomic E-state index is 5.59. The predicted molar refractivity (Wildman–Crippen MR) is 82.8 cm³/mol. The van der Waals surface area contributed by atoms with Gasteiger partial charge < -0.3 is 10.6 Å². The largest absolute Gasteiger partial charge is 0.330 e. The van der Waals surface area contributed by atoms with Crippen LogP contribution in [-0.2, 0) is 0 Å². The van der Waals surface area contributed by atoms with E-state index in [1.54, 1.807) is 0 Å². The van der Waals surface area contributed by atoms with Crippen LogP contribution in [0.15, 0.2) is 0 Å². The molecule has 0 fully saturated rings. The molecular formula is C16H36N2. The minimum Gasteiger partial charge on any atom is -0.330 e. The summed E-state index contributed by atoms with van der Waals surface area (Å²) in [6, 6.07) is 0. The Kier molecular flexibility index (Phi) is 10.8. The van der Waals surface area contributed by atoms with Gasteiger partial charge in [-0.1, -0.05) is 34.6 Å². The molecule has 18 heavy (non-hydrogen) atoms. The van der Waals surface area contributed by atoms with Crippen LogP contribution in [0, 0.1) is 17.8 Å². The summed E-state index contributed by atoms with van der Waals surface area (Å²) in [7, 11) is 0. The van der Waals surface area contributed by atoms with Crippen molar-refractivity contribution < 1.29 is 0 Å². The lowest BCUT2D eigenvalue weighted by Crippen LogP contribution is -2.32. The van der Waals surface area contributed by atoms with Gasteiger partial charge >= 0.3 is 0 Å². The summed E-state index contributed by atoms with van der Waals surface area (Å²) < 4.78 is 0. The molecule has 0 aromatic heterocycles. The standard InChI is InChI=1S/C16H36N2/c1-14(2)8-11-18(12-9-15(3)4)13-16(5)7-6-10-17/h14-16H,6-13,17H2,1-5H3. The number of rotatable bonds is 11. The predicted octanol–water partition coefficient (Wildman–Crippen LogP) is 3.76. The third-order valence-corrected chi connectivity index (χ3v) is 3.52. The molecule has 0 radical (unpaired) electrons. The molecule has 1 atom stereocenters. The van der Waals surface area contributed by atoms with Crippen molar-refractivity contribution in [2.45, 2.75) is 60.3 Å². The number of nitrogens with two attached hydrogens (primary N) is 1. The Morgan fingerprint density at radius 2 is 1.33 bits per heavy atom. The Bertz CT molecular complexity index is 166. The van der Waals surface area contributed by atoms with Crippen molar-refractivity contribution in [1.82, 2.24) is 4.90 Å². The molecule has 0 aromatic rings. The van der Waals surface area contributed by atoms with Crippen LogP contribution in [0.4, 0.5) is 0 Å². The van der Waals surface area contributed by atoms with Gasteiger partial charge in [-0.25, -0.2) is 0 Å². The molecule has 2 nitrogen and oxygen atoms in total. The second-order valence-electron chi connectivity index (χ2n) is 6.70. The molecule has 0 rings (SSSR count). The minimum atomic E-state index is 0.785. The second kappa shape index (κ2) is 10.8. The molecule has 0 saturated heterocycles. The summed E-state index contributed by atoms with van der Waals surface area (Å²) in [5, 5.41) is 0. The molecule has 2 N–H and O–H groups in total. The van der Waals surface area contributed by atoms with Crippen molar-refractivity contribution in [3.8, 4) is 0 Å². The van der Waals surface area contributed by atoms with Gasteiger partial charge in [0.1, 0.15) is 0 Å². The van der Waals surface area contributed by atoms with Crippen molar-refractivity contribution in [1.29, 1.82) is 0 Å². The van der Waals surface area contributed by atoms with Gasteiger partial charge in [0.15, 0.2) is 0 Å². The van der Waals surface area contributed by atoms with E-state index in [9.17, 15) is 0 Å². The van der Waals surface area contributed by atoms with E-state index in [1.165, 1.54) is 45.3 Å². The molecule has 0 bridgehead atoms. The fourth-order valence-electron chi connectivity index (χ4n) is 2.17. The molecule has 1 unspecified atom stereocenters. The topological polar surface area (TPSA) is 29.3 Å². The monoisotopic (exact) mass is 256 g/mol. The maximum Gasteiger partial charge on any atom is 0.000703 e. The van der Waals surface area contributed by atoms with Crippen LogP contribution in [0.3, 0.4) is 0 Å². The zero-order valence-electron chi connectivity index (χ0n) is 13.4. The van der Waals surface area contributed by atoms with E-state index >= 15 is 0 Å². The van der Waals surface area contributed by atoms with Gasteiger partial charge in [0.25, 0.3) is 0 Å². The van der Waals surface area contributed by atoms with Gasteiger partial charge in [0.05, 0.1) is 0 Å². The fourth-order valence-corrected chi connectivity index (χ4v) is 2.17. The molecule has 0 aliphatic heterocycles. The third-order valence-electron chi connectivity index (χ3n) is 3.52. The van der Waals surface area contributed by atoms with Gasteiger partial charge in [-0.2, -0.15) is 0 Å². The molecule has 0 spiro atoms. The third kappa shape index (κ3) is 11.0. The Morgan fingerprint density at radius 1 is 0.833 bits per heavy atom. The van der Waals surface area contributed by atoms with E-state index in [0.29, 0.717) is 0 Å². The van der Waals surface area contributed by atoms with Gasteiger partial charge in [-0.05, 0) is 63.1 Å². The highest BCUT2D eigenvalue weighted by Crippen LogP contribution is 2.12. The molecule has 0 aliphatic carbocycles. The molecule has 0 saturated carbocycles. The smallest absolute Gasteiger partial charge is 0.000703 e. The SMILES string of the molecule is CC(C)CCN(CCC(C)C)CC(C)CCCN. The molecule has 2 heteroatoms. The summed E-state index contributed by atoms with van der Waals surface area (Å²) in [6.07, 6.45) is 5.09. The van der Waals surface area contributed by atoms with Crippen molar-refractivity contribution >= 4 is 0 Å². The van der Waals surface area contributed by atoms with Crippen molar-refractivity contribution in [3.63, 3.8) is 0 Å². The quantitative estimate of drug-likeness (QED) is 0.610. The zero-order chi connectivity index (χ0) is 14.0. The number of hydrogen-bond donors (Lipinski definition) is 1. The fraction of sp³-hybridized carbons (Fsp3) is 1.00. The summed E-state index contributed by atoms with van der Waals surface area (Å²) in [5.74, 6) is 2.41. The van der Waals surface area contributed by atoms with Crippen molar-refractivity contribution in [3.05, 3.63) is 0 Å². The van der Waals surface area contributed by atoms with Crippen LogP contribution in [0.1, 0.15) is 60.3 Å². The normalized spacial score (nSPS) is 13.8. The summed E-state index contributed by atoms with van der Waals surface area (Å²) in [4.78, 5) is 2.67. The van der Waals surface area contributed by atoms with Crippen molar-refractivity contribution in [2.24, 2.45) is 23.5 Å². The Morgan fingerprint density at radius 3 is 1.72 bits per heavy atom. The van der Waals surface area contributed by atoms with Crippen LogP contribution in [0.2, 0.25) is 0 Å². The number of hydrogen-bond acceptors (Lipinski definition) is 2. The highest BCUT2D eigenvalue weighted by molar-refractivity contribution is 4.65. The summed E-state index contributed by atoms with van der Waals surface area (Å²) in [5.41, 5.74) is 5.59. The highest BCUT2D eigenvalue weighted by Gasteiger charge is 2.11. The lowest BCUT2D eigenvalue weighted by Gasteiger charge is -2.27. The molecule has 0 heterocycles. The Labute approximate surface area is 115 Å². The van der Waals surface area contributed by atoms with Crippen LogP contribution in [0.25, 0.3) is 0 Å². The second-order valence-corrected chi connectivity index (χ2v) is 6.70. The van der Waals surface area contributed by atoms with Gasteiger partial charge in [0.2, 0.25) is 0 Å². The first-order valence-electron chi connectivity index (χ1n) is 7.88. The first-order valence-corrected chi connectivity index (χ1v) is 7.88. The van der Waals surface area contributed by atoms with Crippen molar-refractivity contribution in [2.75, 3.05) is 26.2 Å². The van der Waals surface area contributed by atoms with Crippen LogP contribution < -0.4 is 5.73 Å². The first kappa shape index (κ1) is 17.9. The van der Waals surface area contributed by atoms with Gasteiger partial charge in [-0.3, -0.25) is 0 Å². The van der Waals surface area contributed by atoms with E-state index in [2.05, 4.69) is 39.5 Å². The molecule has 0 aromatic carbocycles. The molecular weight excluding hydrogens is 220 g/mol. The van der Waals surface area contributed by atoms with E-state index in [4.69, 9.17) is 5.73 Å². The Hall–Kier alpha value is -0.0800. The van der Waals surface area contributed by atoms with Gasteiger partial charge in [-0.15, -0.1) is 0 Å². The van der Waals surface area contributed by atoms with E-state index < -0.39 is 0 Å². The van der Waals surface area contributed by atoms with E-state index in [-0.39, 0.29) is 0 Å². The average molecular weight is 256 g/mol. The van der Waals surface area contributed by atoms with Crippen LogP contribution >= 0.6 is 0 Å². The number of nitrogens with zero attached hydrogens (tertiary/aromatic N) is 1. The molecule has 110 valence electrons. The van der Waals surface area contributed by atoms with Crippen LogP contribution in [0.5, 0.6) is 0 Å². The zero-order valence-corrected chi connectivity index (χ0v) is 13.4. The van der Waals surface area contributed by atoms with Gasteiger partial charge in [0, 0.05) is 6.54 Å².